The fraction of sp³-hybridized carbons (Fsp3) is 0.412. The van der Waals surface area contributed by atoms with Crippen LogP contribution in [0.25, 0.3) is 0 Å². The molecule has 1 aromatic carbocycles. The number of benzene rings is 1. The number of rotatable bonds is 7. The summed E-state index contributed by atoms with van der Waals surface area (Å²) in [4.78, 5) is 1.25. The lowest BCUT2D eigenvalue weighted by Crippen LogP contribution is -2.25. The lowest BCUT2D eigenvalue weighted by molar-refractivity contribution is 0.110. The molecule has 2 aromatic rings. The maximum absolute atomic E-state index is 5.76. The van der Waals surface area contributed by atoms with Gasteiger partial charge in [0.05, 0.1) is 6.10 Å². The van der Waals surface area contributed by atoms with Gasteiger partial charge >= 0.3 is 0 Å². The van der Waals surface area contributed by atoms with Crippen molar-refractivity contribution >= 4 is 11.3 Å². The van der Waals surface area contributed by atoms with E-state index < -0.39 is 0 Å². The highest BCUT2D eigenvalue weighted by Gasteiger charge is 2.14. The highest BCUT2D eigenvalue weighted by Crippen LogP contribution is 2.16. The second-order valence-electron chi connectivity index (χ2n) is 5.28. The van der Waals surface area contributed by atoms with E-state index in [4.69, 9.17) is 9.47 Å². The van der Waals surface area contributed by atoms with E-state index in [-0.39, 0.29) is 0 Å². The molecule has 1 N–H and O–H groups in total. The standard InChI is InChI=1S/C17H21NO2S/c1-3-16(19-9-1)12-18-11-14-5-7-15(8-6-14)20-13-17-4-2-10-21-17/h2,4-8,10,16,18H,1,3,9,11-13H2/t16-/m1/s1. The second kappa shape index (κ2) is 7.59. The van der Waals surface area contributed by atoms with Gasteiger partial charge in [-0.15, -0.1) is 11.3 Å². The Balaban J connectivity index is 1.40. The molecule has 0 aliphatic carbocycles. The Morgan fingerprint density at radius 2 is 2.14 bits per heavy atom. The number of nitrogens with one attached hydrogen (secondary N) is 1. The lowest BCUT2D eigenvalue weighted by atomic mass is 10.2. The quantitative estimate of drug-likeness (QED) is 0.848. The van der Waals surface area contributed by atoms with Gasteiger partial charge in [0.2, 0.25) is 0 Å². The fourth-order valence-corrected chi connectivity index (χ4v) is 3.05. The van der Waals surface area contributed by atoms with Crippen LogP contribution in [-0.2, 0) is 17.9 Å². The molecule has 4 heteroatoms. The molecule has 1 aromatic heterocycles. The molecule has 0 spiro atoms. The number of hydrogen-bond donors (Lipinski definition) is 1. The largest absolute Gasteiger partial charge is 0.488 e. The Morgan fingerprint density at radius 3 is 2.86 bits per heavy atom. The summed E-state index contributed by atoms with van der Waals surface area (Å²) in [5, 5.41) is 5.52. The van der Waals surface area contributed by atoms with Gasteiger partial charge in [0.25, 0.3) is 0 Å². The van der Waals surface area contributed by atoms with Crippen molar-refractivity contribution < 1.29 is 9.47 Å². The topological polar surface area (TPSA) is 30.5 Å². The Bertz CT molecular complexity index is 518. The lowest BCUT2D eigenvalue weighted by Gasteiger charge is -2.11. The van der Waals surface area contributed by atoms with Crippen LogP contribution in [0, 0.1) is 0 Å². The summed E-state index contributed by atoms with van der Waals surface area (Å²) < 4.78 is 11.4. The molecule has 21 heavy (non-hydrogen) atoms. The first-order valence-electron chi connectivity index (χ1n) is 7.46. The molecular formula is C17H21NO2S. The summed E-state index contributed by atoms with van der Waals surface area (Å²) in [5.74, 6) is 0.922. The van der Waals surface area contributed by atoms with Crippen LogP contribution in [0.15, 0.2) is 41.8 Å². The summed E-state index contributed by atoms with van der Waals surface area (Å²) in [6.07, 6.45) is 2.78. The summed E-state index contributed by atoms with van der Waals surface area (Å²) in [6.45, 7) is 3.39. The Morgan fingerprint density at radius 1 is 1.24 bits per heavy atom. The van der Waals surface area contributed by atoms with E-state index in [1.54, 1.807) is 11.3 Å². The van der Waals surface area contributed by atoms with Gasteiger partial charge in [0, 0.05) is 24.6 Å². The van der Waals surface area contributed by atoms with E-state index in [0.29, 0.717) is 12.7 Å². The smallest absolute Gasteiger partial charge is 0.122 e. The molecule has 1 saturated heterocycles. The highest BCUT2D eigenvalue weighted by atomic mass is 32.1. The zero-order valence-electron chi connectivity index (χ0n) is 12.1. The Labute approximate surface area is 129 Å². The molecule has 1 aliphatic heterocycles. The summed E-state index contributed by atoms with van der Waals surface area (Å²) >= 11 is 1.72. The third-order valence-corrected chi connectivity index (χ3v) is 4.46. The van der Waals surface area contributed by atoms with Crippen molar-refractivity contribution in [2.45, 2.75) is 32.1 Å². The normalized spacial score (nSPS) is 18.0. The minimum atomic E-state index is 0.401. The van der Waals surface area contributed by atoms with E-state index in [9.17, 15) is 0 Å². The fourth-order valence-electron chi connectivity index (χ4n) is 2.44. The Kier molecular flexibility index (Phi) is 5.27. The van der Waals surface area contributed by atoms with Gasteiger partial charge in [-0.05, 0) is 42.0 Å². The van der Waals surface area contributed by atoms with Crippen molar-refractivity contribution in [2.24, 2.45) is 0 Å². The van der Waals surface area contributed by atoms with Crippen LogP contribution in [0.4, 0.5) is 0 Å². The average molecular weight is 303 g/mol. The van der Waals surface area contributed by atoms with E-state index in [1.165, 1.54) is 23.3 Å². The molecule has 0 amide bonds. The van der Waals surface area contributed by atoms with Crippen molar-refractivity contribution in [3.63, 3.8) is 0 Å². The van der Waals surface area contributed by atoms with E-state index in [1.807, 2.05) is 18.2 Å². The van der Waals surface area contributed by atoms with Crippen LogP contribution in [0.3, 0.4) is 0 Å². The van der Waals surface area contributed by atoms with Crippen LogP contribution >= 0.6 is 11.3 Å². The molecule has 1 atom stereocenters. The SMILES string of the molecule is c1csc(COc2ccc(CNC[C@H]3CCCO3)cc2)c1. The molecule has 3 rings (SSSR count). The van der Waals surface area contributed by atoms with E-state index in [2.05, 4.69) is 28.9 Å². The molecule has 0 saturated carbocycles. The zero-order chi connectivity index (χ0) is 14.3. The van der Waals surface area contributed by atoms with Crippen LogP contribution in [-0.4, -0.2) is 19.3 Å². The van der Waals surface area contributed by atoms with Gasteiger partial charge in [-0.1, -0.05) is 18.2 Å². The minimum absolute atomic E-state index is 0.401. The number of thiophene rings is 1. The molecule has 0 unspecified atom stereocenters. The van der Waals surface area contributed by atoms with Gasteiger partial charge in [0.1, 0.15) is 12.4 Å². The van der Waals surface area contributed by atoms with E-state index >= 15 is 0 Å². The molecule has 3 nitrogen and oxygen atoms in total. The summed E-state index contributed by atoms with van der Waals surface area (Å²) in [7, 11) is 0. The van der Waals surface area contributed by atoms with Crippen molar-refractivity contribution in [3.05, 3.63) is 52.2 Å². The third-order valence-electron chi connectivity index (χ3n) is 3.61. The predicted octanol–water partition coefficient (Wildman–Crippen LogP) is 3.60. The molecule has 0 radical (unpaired) electrons. The highest BCUT2D eigenvalue weighted by molar-refractivity contribution is 7.09. The summed E-state index contributed by atoms with van der Waals surface area (Å²) in [5.41, 5.74) is 1.27. The number of ether oxygens (including phenoxy) is 2. The molecule has 112 valence electrons. The molecule has 0 bridgehead atoms. The first-order chi connectivity index (χ1) is 10.4. The predicted molar refractivity (Wildman–Crippen MR) is 85.8 cm³/mol. The van der Waals surface area contributed by atoms with Gasteiger partial charge in [-0.25, -0.2) is 0 Å². The van der Waals surface area contributed by atoms with E-state index in [0.717, 1.165) is 25.4 Å². The van der Waals surface area contributed by atoms with Crippen LogP contribution in [0.5, 0.6) is 5.75 Å². The Hall–Kier alpha value is -1.36. The van der Waals surface area contributed by atoms with Crippen molar-refractivity contribution in [2.75, 3.05) is 13.2 Å². The maximum Gasteiger partial charge on any atom is 0.122 e. The van der Waals surface area contributed by atoms with Gasteiger partial charge < -0.3 is 14.8 Å². The van der Waals surface area contributed by atoms with Gasteiger partial charge in [0.15, 0.2) is 0 Å². The monoisotopic (exact) mass is 303 g/mol. The average Bonchev–Trinajstić information content (AvgIpc) is 3.20. The van der Waals surface area contributed by atoms with Gasteiger partial charge in [-0.2, -0.15) is 0 Å². The first-order valence-corrected chi connectivity index (χ1v) is 8.34. The van der Waals surface area contributed by atoms with Crippen molar-refractivity contribution in [1.29, 1.82) is 0 Å². The van der Waals surface area contributed by atoms with Crippen LogP contribution in [0.2, 0.25) is 0 Å². The number of hydrogen-bond acceptors (Lipinski definition) is 4. The van der Waals surface area contributed by atoms with Crippen molar-refractivity contribution in [1.82, 2.24) is 5.32 Å². The molecule has 1 aliphatic rings. The van der Waals surface area contributed by atoms with Gasteiger partial charge in [-0.3, -0.25) is 0 Å². The molecule has 1 fully saturated rings. The second-order valence-corrected chi connectivity index (χ2v) is 6.31. The molecule has 2 heterocycles. The molecular weight excluding hydrogens is 282 g/mol. The zero-order valence-corrected chi connectivity index (χ0v) is 12.9. The van der Waals surface area contributed by atoms with Crippen molar-refractivity contribution in [3.8, 4) is 5.75 Å². The summed E-state index contributed by atoms with van der Waals surface area (Å²) in [6, 6.07) is 12.5. The third kappa shape index (κ3) is 4.56. The minimum Gasteiger partial charge on any atom is -0.488 e. The maximum atomic E-state index is 5.76. The van der Waals surface area contributed by atoms with Crippen LogP contribution < -0.4 is 10.1 Å². The first kappa shape index (κ1) is 14.6. The van der Waals surface area contributed by atoms with Crippen LogP contribution in [0.1, 0.15) is 23.3 Å².